The van der Waals surface area contributed by atoms with Crippen LogP contribution in [0, 0.1) is 11.8 Å². The molecule has 0 amide bonds. The summed E-state index contributed by atoms with van der Waals surface area (Å²) in [4.78, 5) is 9.81. The molecule has 2 fully saturated rings. The zero-order valence-corrected chi connectivity index (χ0v) is 20.1. The van der Waals surface area contributed by atoms with Gasteiger partial charge < -0.3 is 19.5 Å². The van der Waals surface area contributed by atoms with Crippen LogP contribution in [-0.4, -0.2) is 62.3 Å². The molecule has 4 atom stereocenters. The Labute approximate surface area is 206 Å². The molecule has 0 bridgehead atoms. The summed E-state index contributed by atoms with van der Waals surface area (Å²) in [6.45, 7) is 4.96. The average molecular weight is 481 g/mol. The van der Waals surface area contributed by atoms with E-state index >= 15 is 0 Å². The van der Waals surface area contributed by atoms with Gasteiger partial charge >= 0.3 is 0 Å². The lowest BCUT2D eigenvalue weighted by Gasteiger charge is -2.47. The molecule has 0 aromatic heterocycles. The standard InChI is InChI=1S/C27H32ClN3O3/c28-19-5-7-20(8-6-19)31-16-21-22(17-31)27(32)29-23(26(21)30-10-2-1-3-11-30)14-18-4-9-24-25(15-18)34-13-12-33-24/h4-9,15,21-23,26H,1-3,10-14,16-17H2,(H,29,32)/p-1. The number of benzene rings is 2. The zero-order chi connectivity index (χ0) is 23.1. The fourth-order valence-electron chi connectivity index (χ4n) is 6.27. The molecule has 34 heavy (non-hydrogen) atoms. The van der Waals surface area contributed by atoms with Crippen LogP contribution in [0.3, 0.4) is 0 Å². The first-order chi connectivity index (χ1) is 16.7. The molecule has 4 unspecified atom stereocenters. The number of rotatable bonds is 4. The number of aliphatic imine (C=N–C) groups is 1. The predicted octanol–water partition coefficient (Wildman–Crippen LogP) is 3.40. The van der Waals surface area contributed by atoms with E-state index < -0.39 is 0 Å². The summed E-state index contributed by atoms with van der Waals surface area (Å²) < 4.78 is 11.5. The summed E-state index contributed by atoms with van der Waals surface area (Å²) in [5.41, 5.74) is 2.28. The van der Waals surface area contributed by atoms with E-state index in [-0.39, 0.29) is 29.8 Å². The van der Waals surface area contributed by atoms with E-state index in [9.17, 15) is 5.11 Å². The minimum absolute atomic E-state index is 0.0421. The fourth-order valence-corrected chi connectivity index (χ4v) is 6.40. The number of hydrogen-bond donors (Lipinski definition) is 0. The fraction of sp³-hybridized carbons (Fsp3) is 0.519. The van der Waals surface area contributed by atoms with Crippen molar-refractivity contribution in [1.29, 1.82) is 0 Å². The van der Waals surface area contributed by atoms with Crippen molar-refractivity contribution in [3.8, 4) is 11.5 Å². The highest BCUT2D eigenvalue weighted by atomic mass is 35.5. The molecule has 6 nitrogen and oxygen atoms in total. The minimum Gasteiger partial charge on any atom is -0.862 e. The van der Waals surface area contributed by atoms with Crippen LogP contribution in [0.5, 0.6) is 11.5 Å². The van der Waals surface area contributed by atoms with Gasteiger partial charge in [-0.25, -0.2) is 0 Å². The molecule has 4 heterocycles. The number of fused-ring (bicyclic) bond motifs is 2. The van der Waals surface area contributed by atoms with E-state index in [0.717, 1.165) is 60.4 Å². The molecule has 2 saturated heterocycles. The van der Waals surface area contributed by atoms with E-state index in [2.05, 4.69) is 34.1 Å². The Morgan fingerprint density at radius 1 is 0.941 bits per heavy atom. The van der Waals surface area contributed by atoms with Crippen molar-refractivity contribution in [2.24, 2.45) is 16.8 Å². The second-order valence-corrected chi connectivity index (χ2v) is 10.4. The Bertz CT molecular complexity index is 1050. The lowest BCUT2D eigenvalue weighted by molar-refractivity contribution is -0.228. The zero-order valence-electron chi connectivity index (χ0n) is 19.4. The maximum Gasteiger partial charge on any atom is 0.161 e. The molecular formula is C27H31ClN3O3-. The van der Waals surface area contributed by atoms with Crippen molar-refractivity contribution in [2.45, 2.75) is 37.8 Å². The number of ether oxygens (including phenoxy) is 2. The average Bonchev–Trinajstić information content (AvgIpc) is 3.31. The largest absolute Gasteiger partial charge is 0.862 e. The lowest BCUT2D eigenvalue weighted by atomic mass is 9.78. The van der Waals surface area contributed by atoms with E-state index in [1.165, 1.54) is 19.3 Å². The van der Waals surface area contributed by atoms with Gasteiger partial charge in [-0.05, 0) is 80.2 Å². The van der Waals surface area contributed by atoms with Crippen molar-refractivity contribution >= 4 is 23.2 Å². The Morgan fingerprint density at radius 2 is 1.71 bits per heavy atom. The van der Waals surface area contributed by atoms with Crippen LogP contribution in [0.25, 0.3) is 0 Å². The predicted molar refractivity (Wildman–Crippen MR) is 132 cm³/mol. The third-order valence-corrected chi connectivity index (χ3v) is 8.12. The van der Waals surface area contributed by atoms with Crippen LogP contribution in [0.1, 0.15) is 24.8 Å². The highest BCUT2D eigenvalue weighted by molar-refractivity contribution is 6.30. The second-order valence-electron chi connectivity index (χ2n) is 9.96. The number of nitrogens with zero attached hydrogens (tertiary/aromatic N) is 3. The quantitative estimate of drug-likeness (QED) is 0.671. The van der Waals surface area contributed by atoms with Crippen LogP contribution in [0.4, 0.5) is 5.69 Å². The van der Waals surface area contributed by atoms with Crippen molar-refractivity contribution in [1.82, 2.24) is 4.90 Å². The van der Waals surface area contributed by atoms with Gasteiger partial charge in [0.2, 0.25) is 0 Å². The summed E-state index contributed by atoms with van der Waals surface area (Å²) in [6.07, 6.45) is 4.48. The van der Waals surface area contributed by atoms with Crippen LogP contribution < -0.4 is 19.5 Å². The summed E-state index contributed by atoms with van der Waals surface area (Å²) in [5, 5.41) is 14.0. The lowest BCUT2D eigenvalue weighted by Crippen LogP contribution is -2.57. The van der Waals surface area contributed by atoms with Crippen molar-refractivity contribution in [3.05, 3.63) is 53.1 Å². The Kier molecular flexibility index (Phi) is 6.04. The van der Waals surface area contributed by atoms with Gasteiger partial charge in [0.05, 0.1) is 6.04 Å². The molecule has 2 aromatic carbocycles. The van der Waals surface area contributed by atoms with Crippen molar-refractivity contribution < 1.29 is 14.6 Å². The van der Waals surface area contributed by atoms with Gasteiger partial charge in [0.25, 0.3) is 0 Å². The number of hydrogen-bond acceptors (Lipinski definition) is 6. The molecule has 7 heteroatoms. The van der Waals surface area contributed by atoms with Gasteiger partial charge in [-0.15, -0.1) is 0 Å². The Hall–Kier alpha value is -2.44. The molecule has 6 rings (SSSR count). The number of halogens is 1. The van der Waals surface area contributed by atoms with Gasteiger partial charge in [-0.3, -0.25) is 9.89 Å². The molecule has 2 aromatic rings. The third-order valence-electron chi connectivity index (χ3n) is 7.86. The molecule has 0 N–H and O–H groups in total. The first-order valence-electron chi connectivity index (χ1n) is 12.5. The topological polar surface area (TPSA) is 60.4 Å². The number of likely N-dealkylation sites (tertiary alicyclic amines) is 1. The van der Waals surface area contributed by atoms with Crippen molar-refractivity contribution in [2.75, 3.05) is 44.3 Å². The van der Waals surface area contributed by atoms with E-state index in [1.807, 2.05) is 18.2 Å². The number of anilines is 1. The first kappa shape index (κ1) is 22.1. The Morgan fingerprint density at radius 3 is 2.50 bits per heavy atom. The van der Waals surface area contributed by atoms with Crippen LogP contribution >= 0.6 is 11.6 Å². The van der Waals surface area contributed by atoms with Crippen LogP contribution in [0.2, 0.25) is 5.02 Å². The molecule has 180 valence electrons. The summed E-state index contributed by atoms with van der Waals surface area (Å²) in [7, 11) is 0. The summed E-state index contributed by atoms with van der Waals surface area (Å²) in [6, 6.07) is 14.4. The minimum atomic E-state index is -0.0425. The molecular weight excluding hydrogens is 450 g/mol. The van der Waals surface area contributed by atoms with Gasteiger partial charge in [0.15, 0.2) is 11.5 Å². The molecule has 0 radical (unpaired) electrons. The van der Waals surface area contributed by atoms with Gasteiger partial charge in [-0.1, -0.05) is 24.1 Å². The first-order valence-corrected chi connectivity index (χ1v) is 12.9. The van der Waals surface area contributed by atoms with Crippen LogP contribution in [-0.2, 0) is 6.42 Å². The van der Waals surface area contributed by atoms with E-state index in [4.69, 9.17) is 26.1 Å². The number of piperidine rings is 1. The van der Waals surface area contributed by atoms with Gasteiger partial charge in [-0.2, -0.15) is 0 Å². The smallest absolute Gasteiger partial charge is 0.161 e. The highest BCUT2D eigenvalue weighted by Crippen LogP contribution is 2.40. The Balaban J connectivity index is 1.29. The maximum atomic E-state index is 13.3. The van der Waals surface area contributed by atoms with E-state index in [0.29, 0.717) is 13.2 Å². The van der Waals surface area contributed by atoms with Crippen LogP contribution in [0.15, 0.2) is 47.5 Å². The molecule has 0 saturated carbocycles. The summed E-state index contributed by atoms with van der Waals surface area (Å²) in [5.74, 6) is 1.90. The molecule has 4 aliphatic rings. The second kappa shape index (κ2) is 9.31. The third kappa shape index (κ3) is 4.22. The normalized spacial score (nSPS) is 29.0. The SMILES string of the molecule is [O-]C1=NC(Cc2ccc3c(c2)OCCO3)C(N2CCCCC2)C2CN(c3ccc(Cl)cc3)CC12. The monoisotopic (exact) mass is 480 g/mol. The molecule has 0 spiro atoms. The molecule has 4 aliphatic heterocycles. The summed E-state index contributed by atoms with van der Waals surface area (Å²) >= 11 is 6.12. The molecule has 0 aliphatic carbocycles. The van der Waals surface area contributed by atoms with E-state index in [1.54, 1.807) is 0 Å². The highest BCUT2D eigenvalue weighted by Gasteiger charge is 2.46. The maximum absolute atomic E-state index is 13.3. The van der Waals surface area contributed by atoms with Crippen molar-refractivity contribution in [3.63, 3.8) is 0 Å². The van der Waals surface area contributed by atoms with Gasteiger partial charge in [0, 0.05) is 41.7 Å². The van der Waals surface area contributed by atoms with Gasteiger partial charge in [0.1, 0.15) is 13.2 Å².